The van der Waals surface area contributed by atoms with Crippen LogP contribution < -0.4 is 10.6 Å². The molecule has 0 aliphatic heterocycles. The molecule has 2 rings (SSSR count). The van der Waals surface area contributed by atoms with Gasteiger partial charge in [-0.05, 0) is 12.1 Å². The first-order valence-electron chi connectivity index (χ1n) is 7.68. The third-order valence-corrected chi connectivity index (χ3v) is 5.28. The Kier molecular flexibility index (Phi) is 7.77. The van der Waals surface area contributed by atoms with Crippen LogP contribution in [0.25, 0.3) is 0 Å². The highest BCUT2D eigenvalue weighted by Crippen LogP contribution is 2.23. The van der Waals surface area contributed by atoms with Crippen LogP contribution in [0.1, 0.15) is 0 Å². The summed E-state index contributed by atoms with van der Waals surface area (Å²) >= 11 is 0. The Hall–Kier alpha value is -3.12. The first-order valence-corrected chi connectivity index (χ1v) is 10.2. The van der Waals surface area contributed by atoms with Crippen LogP contribution in [0.4, 0.5) is 22.7 Å². The van der Waals surface area contributed by atoms with Gasteiger partial charge in [0.1, 0.15) is 0 Å². The van der Waals surface area contributed by atoms with Gasteiger partial charge >= 0.3 is 0 Å². The molecular weight excluding hydrogens is 408 g/mol. The van der Waals surface area contributed by atoms with Crippen LogP contribution in [0, 0.1) is 20.2 Å². The fourth-order valence-electron chi connectivity index (χ4n) is 1.98. The second kappa shape index (κ2) is 10.3. The maximum Gasteiger partial charge on any atom is 0.271 e. The van der Waals surface area contributed by atoms with E-state index in [2.05, 4.69) is 10.6 Å². The molecule has 0 aliphatic rings. The van der Waals surface area contributed by atoms with Gasteiger partial charge in [0, 0.05) is 35.6 Å². The molecule has 146 valence electrons. The van der Waals surface area contributed by atoms with E-state index in [-0.39, 0.29) is 34.7 Å². The Morgan fingerprint density at radius 3 is 1.54 bits per heavy atom. The number of benzene rings is 2. The average Bonchev–Trinajstić information content (AvgIpc) is 2.65. The molecule has 0 fully saturated rings. The smallest absolute Gasteiger partial charge is 0.271 e. The van der Waals surface area contributed by atoms with Crippen LogP contribution >= 0.6 is 21.6 Å². The van der Waals surface area contributed by atoms with Crippen molar-refractivity contribution in [2.24, 2.45) is 0 Å². The van der Waals surface area contributed by atoms with Crippen molar-refractivity contribution in [1.29, 1.82) is 0 Å². The molecule has 0 aromatic heterocycles. The van der Waals surface area contributed by atoms with Gasteiger partial charge in [-0.2, -0.15) is 0 Å². The molecule has 2 amide bonds. The molecule has 0 bridgehead atoms. The van der Waals surface area contributed by atoms with Gasteiger partial charge in [-0.3, -0.25) is 29.8 Å². The second-order valence-corrected chi connectivity index (χ2v) is 7.70. The molecule has 0 spiro atoms. The lowest BCUT2D eigenvalue weighted by Crippen LogP contribution is -2.15. The minimum atomic E-state index is -0.555. The van der Waals surface area contributed by atoms with Crippen molar-refractivity contribution in [2.45, 2.75) is 0 Å². The summed E-state index contributed by atoms with van der Waals surface area (Å²) in [5.41, 5.74) is 0.372. The van der Waals surface area contributed by atoms with Gasteiger partial charge in [0.2, 0.25) is 11.8 Å². The number of nitrogens with zero attached hydrogens (tertiary/aromatic N) is 2. The number of carbonyl (C=O) groups is 2. The highest BCUT2D eigenvalue weighted by molar-refractivity contribution is 8.77. The minimum Gasteiger partial charge on any atom is -0.325 e. The number of nitrogens with one attached hydrogen (secondary N) is 2. The molecule has 0 saturated carbocycles. The number of rotatable bonds is 9. The molecule has 2 aromatic rings. The Morgan fingerprint density at radius 2 is 1.18 bits per heavy atom. The van der Waals surface area contributed by atoms with Crippen LogP contribution in [0.3, 0.4) is 0 Å². The lowest BCUT2D eigenvalue weighted by atomic mass is 10.3. The van der Waals surface area contributed by atoms with Crippen molar-refractivity contribution in [2.75, 3.05) is 22.1 Å². The summed E-state index contributed by atoms with van der Waals surface area (Å²) in [6, 6.07) is 11.1. The number of non-ortho nitro benzene ring substituents is 2. The molecule has 0 saturated heterocycles. The van der Waals surface area contributed by atoms with E-state index in [4.69, 9.17) is 0 Å². The average molecular weight is 422 g/mol. The second-order valence-electron chi connectivity index (χ2n) is 5.24. The summed E-state index contributed by atoms with van der Waals surface area (Å²) in [5, 5.41) is 26.5. The quantitative estimate of drug-likeness (QED) is 0.270. The van der Waals surface area contributed by atoms with Crippen molar-refractivity contribution in [3.8, 4) is 0 Å². The summed E-state index contributed by atoms with van der Waals surface area (Å²) in [6.07, 6.45) is 0. The number of carbonyl (C=O) groups excluding carboxylic acids is 2. The van der Waals surface area contributed by atoms with Gasteiger partial charge < -0.3 is 10.6 Å². The van der Waals surface area contributed by atoms with E-state index in [0.29, 0.717) is 11.4 Å². The van der Waals surface area contributed by atoms with E-state index in [1.807, 2.05) is 0 Å². The number of anilines is 2. The Morgan fingerprint density at radius 1 is 0.786 bits per heavy atom. The normalized spacial score (nSPS) is 10.1. The lowest BCUT2D eigenvalue weighted by Gasteiger charge is -2.06. The van der Waals surface area contributed by atoms with Gasteiger partial charge in [0.15, 0.2) is 0 Å². The molecule has 0 unspecified atom stereocenters. The van der Waals surface area contributed by atoms with Gasteiger partial charge in [0.05, 0.1) is 21.4 Å². The van der Waals surface area contributed by atoms with Crippen LogP contribution in [-0.4, -0.2) is 33.2 Å². The maximum absolute atomic E-state index is 11.9. The van der Waals surface area contributed by atoms with E-state index in [1.165, 1.54) is 48.5 Å². The monoisotopic (exact) mass is 422 g/mol. The van der Waals surface area contributed by atoms with Gasteiger partial charge in [0.25, 0.3) is 11.4 Å². The first-order chi connectivity index (χ1) is 13.3. The molecule has 0 aliphatic carbocycles. The summed E-state index contributed by atoms with van der Waals surface area (Å²) in [5.74, 6) is -0.649. The van der Waals surface area contributed by atoms with Crippen LogP contribution in [-0.2, 0) is 9.59 Å². The van der Waals surface area contributed by atoms with Gasteiger partial charge in [-0.15, -0.1) is 0 Å². The molecule has 0 atom stereocenters. The largest absolute Gasteiger partial charge is 0.325 e. The lowest BCUT2D eigenvalue weighted by molar-refractivity contribution is -0.385. The highest BCUT2D eigenvalue weighted by atomic mass is 33.1. The van der Waals surface area contributed by atoms with E-state index in [1.54, 1.807) is 0 Å². The third-order valence-electron chi connectivity index (χ3n) is 3.14. The molecule has 2 aromatic carbocycles. The fourth-order valence-corrected chi connectivity index (χ4v) is 3.65. The van der Waals surface area contributed by atoms with E-state index < -0.39 is 9.85 Å². The van der Waals surface area contributed by atoms with Crippen molar-refractivity contribution in [3.05, 3.63) is 68.8 Å². The van der Waals surface area contributed by atoms with E-state index in [0.717, 1.165) is 21.6 Å². The van der Waals surface area contributed by atoms with Gasteiger partial charge in [-0.1, -0.05) is 33.7 Å². The van der Waals surface area contributed by atoms with Crippen LogP contribution in [0.2, 0.25) is 0 Å². The topological polar surface area (TPSA) is 144 Å². The first kappa shape index (κ1) is 21.2. The van der Waals surface area contributed by atoms with Gasteiger partial charge in [-0.25, -0.2) is 0 Å². The fraction of sp³-hybridized carbons (Fsp3) is 0.125. The molecule has 2 N–H and O–H groups in total. The standard InChI is InChI=1S/C16H14N4O6S2/c21-15(17-11-3-1-5-13(7-11)19(23)24)9-27-28-10-16(22)18-12-4-2-6-14(8-12)20(25)26/h1-8H,9-10H2,(H,17,21)(H,18,22). The SMILES string of the molecule is O=C(CSSCC(=O)Nc1cccc([N+](=O)[O-])c1)Nc1cccc([N+](=O)[O-])c1. The van der Waals surface area contributed by atoms with Crippen molar-refractivity contribution < 1.29 is 19.4 Å². The Bertz CT molecular complexity index is 835. The number of hydrogen-bond acceptors (Lipinski definition) is 8. The van der Waals surface area contributed by atoms with Crippen LogP contribution in [0.5, 0.6) is 0 Å². The Labute approximate surface area is 166 Å². The molecule has 0 heterocycles. The van der Waals surface area contributed by atoms with Crippen molar-refractivity contribution in [3.63, 3.8) is 0 Å². The zero-order chi connectivity index (χ0) is 20.5. The number of nitro groups is 2. The number of amides is 2. The van der Waals surface area contributed by atoms with Crippen molar-refractivity contribution in [1.82, 2.24) is 0 Å². The minimum absolute atomic E-state index is 0.0391. The molecule has 12 heteroatoms. The van der Waals surface area contributed by atoms with E-state index >= 15 is 0 Å². The number of hydrogen-bond donors (Lipinski definition) is 2. The molecular formula is C16H14N4O6S2. The predicted molar refractivity (Wildman–Crippen MR) is 108 cm³/mol. The summed E-state index contributed by atoms with van der Waals surface area (Å²) < 4.78 is 0. The zero-order valence-electron chi connectivity index (χ0n) is 14.2. The summed E-state index contributed by atoms with van der Waals surface area (Å²) in [7, 11) is 2.28. The highest BCUT2D eigenvalue weighted by Gasteiger charge is 2.10. The Balaban J connectivity index is 1.72. The zero-order valence-corrected chi connectivity index (χ0v) is 15.8. The van der Waals surface area contributed by atoms with Crippen molar-refractivity contribution >= 4 is 56.2 Å². The summed E-state index contributed by atoms with van der Waals surface area (Å²) in [6.45, 7) is 0. The number of nitro benzene ring substituents is 2. The maximum atomic E-state index is 11.9. The van der Waals surface area contributed by atoms with E-state index in [9.17, 15) is 29.8 Å². The third kappa shape index (κ3) is 6.89. The predicted octanol–water partition coefficient (Wildman–Crippen LogP) is 3.46. The summed E-state index contributed by atoms with van der Waals surface area (Å²) in [4.78, 5) is 44.0. The molecule has 28 heavy (non-hydrogen) atoms. The molecule has 10 nitrogen and oxygen atoms in total. The molecule has 0 radical (unpaired) electrons. The van der Waals surface area contributed by atoms with Crippen LogP contribution in [0.15, 0.2) is 48.5 Å².